The van der Waals surface area contributed by atoms with E-state index in [1.807, 2.05) is 0 Å². The number of hydrogen-bond donors (Lipinski definition) is 0. The summed E-state index contributed by atoms with van der Waals surface area (Å²) in [5, 5.41) is 1.59. The van der Waals surface area contributed by atoms with Crippen LogP contribution in [0.4, 0.5) is 0 Å². The first kappa shape index (κ1) is 18.1. The number of hydrogen-bond acceptors (Lipinski definition) is 2. The first-order valence-electron chi connectivity index (χ1n) is 10.2. The van der Waals surface area contributed by atoms with Gasteiger partial charge in [0, 0.05) is 17.3 Å². The van der Waals surface area contributed by atoms with Crippen LogP contribution in [0.2, 0.25) is 11.1 Å². The number of fused-ring (bicyclic) bond motifs is 1. The first-order valence-corrected chi connectivity index (χ1v) is 12.2. The van der Waals surface area contributed by atoms with Crippen LogP contribution in [-0.4, -0.2) is 13.3 Å². The molecule has 2 aliphatic rings. The largest absolute Gasteiger partial charge is 0.408 e. The summed E-state index contributed by atoms with van der Waals surface area (Å²) in [6.45, 7) is 12.6. The lowest BCUT2D eigenvalue weighted by atomic mass is 10.1. The molecule has 2 heterocycles. The Labute approximate surface area is 149 Å². The molecule has 3 rings (SSSR count). The summed E-state index contributed by atoms with van der Waals surface area (Å²) >= 11 is 0. The van der Waals surface area contributed by atoms with E-state index >= 15 is 0 Å². The molecule has 1 fully saturated rings. The van der Waals surface area contributed by atoms with Crippen LogP contribution in [0.5, 0.6) is 0 Å². The maximum absolute atomic E-state index is 6.66. The van der Waals surface area contributed by atoms with Crippen LogP contribution in [0.1, 0.15) is 96.0 Å². The summed E-state index contributed by atoms with van der Waals surface area (Å²) in [7, 11) is -1.92. The third-order valence-corrected chi connectivity index (χ3v) is 11.5. The average Bonchev–Trinajstić information content (AvgIpc) is 3.31. The molecule has 24 heavy (non-hydrogen) atoms. The fourth-order valence-electron chi connectivity index (χ4n) is 4.61. The molecule has 0 N–H and O–H groups in total. The third kappa shape index (κ3) is 3.22. The minimum atomic E-state index is -1.92. The molecule has 3 heteroatoms. The second kappa shape index (κ2) is 7.29. The van der Waals surface area contributed by atoms with Gasteiger partial charge in [-0.2, -0.15) is 0 Å². The number of unbranched alkanes of at least 4 members (excludes halogenated alkanes) is 3. The minimum Gasteiger partial charge on any atom is -0.408 e. The average molecular weight is 346 g/mol. The predicted octanol–water partition coefficient (Wildman–Crippen LogP) is 5.58. The van der Waals surface area contributed by atoms with Gasteiger partial charge in [-0.05, 0) is 53.6 Å². The summed E-state index contributed by atoms with van der Waals surface area (Å²) in [5.41, 5.74) is 5.49. The normalized spacial score (nSPS) is 19.3. The van der Waals surface area contributed by atoms with Gasteiger partial charge in [-0.1, -0.05) is 53.9 Å². The zero-order chi connectivity index (χ0) is 17.3. The van der Waals surface area contributed by atoms with Gasteiger partial charge in [0.25, 0.3) is 0 Å². The standard InChI is InChI=1S/C21H35NOSi/c1-6-7-8-9-10-19-21-18(13-20(22-19)17-11-12-17)14-23-24(21,15(2)3)16(4)5/h13,15-17H,6-12,14H2,1-5H3. The Morgan fingerprint density at radius 3 is 2.42 bits per heavy atom. The van der Waals surface area contributed by atoms with Crippen LogP contribution in [0.15, 0.2) is 6.07 Å². The van der Waals surface area contributed by atoms with E-state index in [0.717, 1.165) is 18.9 Å². The molecular formula is C21H35NOSi. The van der Waals surface area contributed by atoms with Crippen molar-refractivity contribution in [1.29, 1.82) is 0 Å². The van der Waals surface area contributed by atoms with Crippen molar-refractivity contribution in [1.82, 2.24) is 4.98 Å². The van der Waals surface area contributed by atoms with E-state index in [9.17, 15) is 0 Å². The van der Waals surface area contributed by atoms with Crippen molar-refractivity contribution in [2.45, 2.75) is 103 Å². The predicted molar refractivity (Wildman–Crippen MR) is 104 cm³/mol. The highest BCUT2D eigenvalue weighted by atomic mass is 28.4. The van der Waals surface area contributed by atoms with E-state index in [0.29, 0.717) is 11.1 Å². The van der Waals surface area contributed by atoms with E-state index in [-0.39, 0.29) is 0 Å². The molecule has 2 nitrogen and oxygen atoms in total. The first-order chi connectivity index (χ1) is 11.5. The molecule has 0 saturated heterocycles. The molecule has 0 unspecified atom stereocenters. The van der Waals surface area contributed by atoms with Crippen LogP contribution >= 0.6 is 0 Å². The molecule has 1 aliphatic carbocycles. The Balaban J connectivity index is 1.99. The van der Waals surface area contributed by atoms with Gasteiger partial charge in [0.15, 0.2) is 0 Å². The second-order valence-electron chi connectivity index (χ2n) is 8.50. The van der Waals surface area contributed by atoms with E-state index in [1.54, 1.807) is 5.19 Å². The molecule has 0 spiro atoms. The third-order valence-electron chi connectivity index (χ3n) is 6.03. The van der Waals surface area contributed by atoms with Crippen LogP contribution < -0.4 is 5.19 Å². The summed E-state index contributed by atoms with van der Waals surface area (Å²) in [6.07, 6.45) is 9.07. The van der Waals surface area contributed by atoms with Crippen molar-refractivity contribution < 1.29 is 4.43 Å². The van der Waals surface area contributed by atoms with Crippen LogP contribution in [0, 0.1) is 0 Å². The number of aryl methyl sites for hydroxylation is 1. The van der Waals surface area contributed by atoms with E-state index in [4.69, 9.17) is 9.41 Å². The number of pyridine rings is 1. The summed E-state index contributed by atoms with van der Waals surface area (Å²) in [4.78, 5) is 5.22. The van der Waals surface area contributed by atoms with Crippen molar-refractivity contribution >= 4 is 13.5 Å². The smallest absolute Gasteiger partial charge is 0.231 e. The summed E-state index contributed by atoms with van der Waals surface area (Å²) in [6, 6.07) is 2.40. The minimum absolute atomic E-state index is 0.613. The molecule has 0 radical (unpaired) electrons. The molecular weight excluding hydrogens is 310 g/mol. The molecule has 1 aromatic rings. The van der Waals surface area contributed by atoms with Gasteiger partial charge in [0.1, 0.15) is 0 Å². The zero-order valence-electron chi connectivity index (χ0n) is 16.3. The topological polar surface area (TPSA) is 22.1 Å². The van der Waals surface area contributed by atoms with Gasteiger partial charge >= 0.3 is 0 Å². The maximum Gasteiger partial charge on any atom is 0.231 e. The fourth-order valence-corrected chi connectivity index (χ4v) is 9.58. The number of nitrogens with zero attached hydrogens (tertiary/aromatic N) is 1. The number of rotatable bonds is 8. The Bertz CT molecular complexity index is 569. The van der Waals surface area contributed by atoms with Gasteiger partial charge in [-0.3, -0.25) is 4.98 Å². The molecule has 0 atom stereocenters. The van der Waals surface area contributed by atoms with Gasteiger partial charge in [-0.15, -0.1) is 0 Å². The summed E-state index contributed by atoms with van der Waals surface area (Å²) < 4.78 is 6.66. The molecule has 134 valence electrons. The molecule has 0 aromatic carbocycles. The highest BCUT2D eigenvalue weighted by Crippen LogP contribution is 2.43. The van der Waals surface area contributed by atoms with Gasteiger partial charge in [0.2, 0.25) is 8.32 Å². The van der Waals surface area contributed by atoms with Crippen molar-refractivity contribution in [2.24, 2.45) is 0 Å². The van der Waals surface area contributed by atoms with Crippen LogP contribution in [0.3, 0.4) is 0 Å². The quantitative estimate of drug-likeness (QED) is 0.453. The Morgan fingerprint density at radius 2 is 1.83 bits per heavy atom. The van der Waals surface area contributed by atoms with Gasteiger partial charge < -0.3 is 4.43 Å². The highest BCUT2D eigenvalue weighted by molar-refractivity contribution is 6.90. The lowest BCUT2D eigenvalue weighted by Gasteiger charge is -2.35. The van der Waals surface area contributed by atoms with Gasteiger partial charge in [-0.25, -0.2) is 0 Å². The van der Waals surface area contributed by atoms with E-state index in [1.165, 1.54) is 55.5 Å². The van der Waals surface area contributed by atoms with Crippen molar-refractivity contribution in [3.05, 3.63) is 23.0 Å². The molecule has 0 amide bonds. The van der Waals surface area contributed by atoms with E-state index in [2.05, 4.69) is 40.7 Å². The second-order valence-corrected chi connectivity index (χ2v) is 13.2. The molecule has 1 aromatic heterocycles. The highest BCUT2D eigenvalue weighted by Gasteiger charge is 2.51. The lowest BCUT2D eigenvalue weighted by Crippen LogP contribution is -2.54. The monoisotopic (exact) mass is 345 g/mol. The lowest BCUT2D eigenvalue weighted by molar-refractivity contribution is 0.299. The van der Waals surface area contributed by atoms with E-state index < -0.39 is 8.32 Å². The molecule has 1 aliphatic heterocycles. The SMILES string of the molecule is CCCCCCc1nc(C2CC2)cc2c1[Si](C(C)C)(C(C)C)OC2. The van der Waals surface area contributed by atoms with Crippen molar-refractivity contribution in [3.63, 3.8) is 0 Å². The van der Waals surface area contributed by atoms with Crippen LogP contribution in [-0.2, 0) is 17.5 Å². The number of aromatic nitrogens is 1. The maximum atomic E-state index is 6.66. The Hall–Kier alpha value is -0.673. The zero-order valence-corrected chi connectivity index (χ0v) is 17.3. The molecule has 1 saturated carbocycles. The van der Waals surface area contributed by atoms with Crippen molar-refractivity contribution in [3.8, 4) is 0 Å². The molecule has 0 bridgehead atoms. The Morgan fingerprint density at radius 1 is 1.12 bits per heavy atom. The fraction of sp³-hybridized carbons (Fsp3) is 0.762. The van der Waals surface area contributed by atoms with Gasteiger partial charge in [0.05, 0.1) is 6.61 Å². The van der Waals surface area contributed by atoms with Crippen molar-refractivity contribution in [2.75, 3.05) is 0 Å². The summed E-state index contributed by atoms with van der Waals surface area (Å²) in [5.74, 6) is 0.736. The Kier molecular flexibility index (Phi) is 5.51. The van der Waals surface area contributed by atoms with Crippen LogP contribution in [0.25, 0.3) is 0 Å².